The van der Waals surface area contributed by atoms with Crippen LogP contribution in [0.5, 0.6) is 0 Å². The zero-order valence-electron chi connectivity index (χ0n) is 23.5. The molecule has 0 unspecified atom stereocenters. The number of hydrogen-bond acceptors (Lipinski definition) is 4. The molecule has 0 heterocycles. The molecule has 4 rings (SSSR count). The number of nitrogens with zero attached hydrogens (tertiary/aromatic N) is 1. The molecule has 0 aliphatic heterocycles. The lowest BCUT2D eigenvalue weighted by Crippen LogP contribution is -2.42. The van der Waals surface area contributed by atoms with Crippen LogP contribution >= 0.6 is 0 Å². The van der Waals surface area contributed by atoms with Gasteiger partial charge in [-0.15, -0.1) is 0 Å². The minimum absolute atomic E-state index is 0.104. The number of hydrogen-bond donors (Lipinski definition) is 3. The summed E-state index contributed by atoms with van der Waals surface area (Å²) in [5.74, 6) is 1.52. The summed E-state index contributed by atoms with van der Waals surface area (Å²) in [7, 11) is 0. The smallest absolute Gasteiger partial charge is 0.231 e. The Hall–Kier alpha value is -1.69. The van der Waals surface area contributed by atoms with Gasteiger partial charge in [0, 0.05) is 19.5 Å². The van der Waals surface area contributed by atoms with E-state index in [0.29, 0.717) is 43.7 Å². The van der Waals surface area contributed by atoms with Gasteiger partial charge >= 0.3 is 0 Å². The van der Waals surface area contributed by atoms with Crippen molar-refractivity contribution in [1.82, 2.24) is 4.90 Å². The van der Waals surface area contributed by atoms with Gasteiger partial charge in [-0.3, -0.25) is 4.79 Å². The van der Waals surface area contributed by atoms with Crippen LogP contribution in [0.2, 0.25) is 0 Å². The summed E-state index contributed by atoms with van der Waals surface area (Å²) in [6, 6.07) is 0. The van der Waals surface area contributed by atoms with E-state index in [0.717, 1.165) is 30.4 Å². The van der Waals surface area contributed by atoms with Crippen LogP contribution in [0.15, 0.2) is 47.6 Å². The highest BCUT2D eigenvalue weighted by molar-refractivity contribution is 5.86. The molecule has 206 valence electrons. The second-order valence-corrected chi connectivity index (χ2v) is 12.5. The van der Waals surface area contributed by atoms with Gasteiger partial charge in [-0.05, 0) is 99.5 Å². The Morgan fingerprint density at radius 2 is 1.84 bits per heavy atom. The fourth-order valence-corrected chi connectivity index (χ4v) is 7.80. The number of amides is 1. The van der Waals surface area contributed by atoms with Crippen LogP contribution in [0.25, 0.3) is 0 Å². The van der Waals surface area contributed by atoms with Crippen molar-refractivity contribution >= 4 is 5.91 Å². The van der Waals surface area contributed by atoms with Crippen molar-refractivity contribution in [3.63, 3.8) is 0 Å². The van der Waals surface area contributed by atoms with Crippen molar-refractivity contribution in [2.75, 3.05) is 13.1 Å². The van der Waals surface area contributed by atoms with Crippen LogP contribution in [-0.2, 0) is 4.79 Å². The van der Waals surface area contributed by atoms with Gasteiger partial charge in [0.1, 0.15) is 0 Å². The maximum atomic E-state index is 13.0. The average Bonchev–Trinajstić information content (AvgIpc) is 3.60. The van der Waals surface area contributed by atoms with E-state index in [-0.39, 0.29) is 11.3 Å². The molecule has 0 aromatic carbocycles. The molecular formula is C32H49NO4. The van der Waals surface area contributed by atoms with Gasteiger partial charge in [0.15, 0.2) is 0 Å². The Balaban J connectivity index is 1.45. The molecule has 4 fully saturated rings. The molecule has 0 aromatic heterocycles. The highest BCUT2D eigenvalue weighted by Gasteiger charge is 2.56. The van der Waals surface area contributed by atoms with Crippen LogP contribution in [0, 0.1) is 28.6 Å². The van der Waals surface area contributed by atoms with Crippen LogP contribution in [-0.4, -0.2) is 57.5 Å². The monoisotopic (exact) mass is 511 g/mol. The van der Waals surface area contributed by atoms with Gasteiger partial charge < -0.3 is 20.2 Å². The molecule has 1 amide bonds. The van der Waals surface area contributed by atoms with Gasteiger partial charge in [0.05, 0.1) is 23.7 Å². The second kappa shape index (κ2) is 11.2. The molecule has 0 saturated heterocycles. The van der Waals surface area contributed by atoms with E-state index < -0.39 is 23.7 Å². The lowest BCUT2D eigenvalue weighted by atomic mass is 9.61. The number of fused-ring (bicyclic) bond motifs is 1. The molecule has 4 aliphatic rings. The number of carbonyl (C=O) groups excluding carboxylic acids is 1. The number of rotatable bonds is 8. The molecule has 7 atom stereocenters. The van der Waals surface area contributed by atoms with Gasteiger partial charge in [-0.2, -0.15) is 0 Å². The number of allylic oxidation sites excluding steroid dienone is 4. The first-order valence-corrected chi connectivity index (χ1v) is 14.7. The maximum Gasteiger partial charge on any atom is 0.231 e. The largest absolute Gasteiger partial charge is 0.393 e. The van der Waals surface area contributed by atoms with E-state index in [1.54, 1.807) is 0 Å². The minimum Gasteiger partial charge on any atom is -0.393 e. The van der Waals surface area contributed by atoms with Gasteiger partial charge in [-0.25, -0.2) is 0 Å². The van der Waals surface area contributed by atoms with Crippen molar-refractivity contribution in [3.05, 3.63) is 47.6 Å². The zero-order valence-corrected chi connectivity index (χ0v) is 23.5. The molecule has 0 bridgehead atoms. The van der Waals surface area contributed by atoms with Crippen LogP contribution < -0.4 is 0 Å². The Morgan fingerprint density at radius 3 is 2.49 bits per heavy atom. The fourth-order valence-electron chi connectivity index (χ4n) is 7.80. The van der Waals surface area contributed by atoms with Crippen LogP contribution in [0.4, 0.5) is 0 Å². The number of carbonyl (C=O) groups is 1. The topological polar surface area (TPSA) is 81.0 Å². The molecule has 5 nitrogen and oxygen atoms in total. The van der Waals surface area contributed by atoms with Crippen molar-refractivity contribution in [1.29, 1.82) is 0 Å². The normalized spacial score (nSPS) is 37.1. The summed E-state index contributed by atoms with van der Waals surface area (Å²) in [5.41, 5.74) is 2.82. The summed E-state index contributed by atoms with van der Waals surface area (Å²) in [6.45, 7) is 14.2. The third kappa shape index (κ3) is 5.42. The van der Waals surface area contributed by atoms with Crippen molar-refractivity contribution in [3.8, 4) is 0 Å². The first kappa shape index (κ1) is 28.3. The van der Waals surface area contributed by atoms with Crippen molar-refractivity contribution < 1.29 is 20.1 Å². The fraction of sp³-hybridized carbons (Fsp3) is 0.719. The molecule has 5 heteroatoms. The lowest BCUT2D eigenvalue weighted by Gasteiger charge is -2.44. The summed E-state index contributed by atoms with van der Waals surface area (Å²) in [5, 5.41) is 31.4. The zero-order chi connectivity index (χ0) is 27.0. The van der Waals surface area contributed by atoms with Crippen molar-refractivity contribution in [2.24, 2.45) is 28.6 Å². The molecular weight excluding hydrogens is 462 g/mol. The third-order valence-electron chi connectivity index (χ3n) is 10.4. The van der Waals surface area contributed by atoms with E-state index in [4.69, 9.17) is 0 Å². The Labute approximate surface area is 224 Å². The molecule has 4 saturated carbocycles. The molecule has 0 radical (unpaired) electrons. The minimum atomic E-state index is -0.712. The Morgan fingerprint density at radius 1 is 1.14 bits per heavy atom. The summed E-state index contributed by atoms with van der Waals surface area (Å²) in [6.07, 6.45) is 14.9. The van der Waals surface area contributed by atoms with Gasteiger partial charge in [0.2, 0.25) is 5.91 Å². The molecule has 4 aliphatic carbocycles. The highest BCUT2D eigenvalue weighted by Crippen LogP contribution is 2.59. The standard InChI is InChI=1S/C32H49NO4/c1-6-33(7-2)30(37)32(17-18-32)29(36)15-10-21(3)26-13-14-27-23(9-8-16-31(26,27)5)11-12-24-19-25(34)20-28(35)22(24)4/h10-12,15,21,25-29,34-36H,4,6-9,13-14,16-20H2,1-3,5H3/b15-10+,23-11+,24-12-/t21-,25-,26-,27+,28+,29-,31-/m1/s1. The summed E-state index contributed by atoms with van der Waals surface area (Å²) < 4.78 is 0. The number of aliphatic hydroxyl groups excluding tert-OH is 3. The lowest BCUT2D eigenvalue weighted by molar-refractivity contribution is -0.139. The third-order valence-corrected chi connectivity index (χ3v) is 10.4. The van der Waals surface area contributed by atoms with Gasteiger partial charge in [-0.1, -0.05) is 50.3 Å². The van der Waals surface area contributed by atoms with E-state index in [9.17, 15) is 20.1 Å². The van der Waals surface area contributed by atoms with Crippen molar-refractivity contribution in [2.45, 2.75) is 104 Å². The maximum absolute atomic E-state index is 13.0. The van der Waals surface area contributed by atoms with E-state index in [2.05, 4.69) is 38.7 Å². The first-order valence-electron chi connectivity index (χ1n) is 14.7. The van der Waals surface area contributed by atoms with Crippen LogP contribution in [0.1, 0.15) is 85.5 Å². The molecule has 0 aromatic rings. The quantitative estimate of drug-likeness (QED) is 0.385. The second-order valence-electron chi connectivity index (χ2n) is 12.5. The summed E-state index contributed by atoms with van der Waals surface area (Å²) >= 11 is 0. The van der Waals surface area contributed by atoms with Gasteiger partial charge in [0.25, 0.3) is 0 Å². The van der Waals surface area contributed by atoms with E-state index >= 15 is 0 Å². The van der Waals surface area contributed by atoms with E-state index in [1.807, 2.05) is 24.8 Å². The first-order chi connectivity index (χ1) is 17.6. The van der Waals surface area contributed by atoms with Crippen LogP contribution in [0.3, 0.4) is 0 Å². The average molecular weight is 512 g/mol. The predicted molar refractivity (Wildman–Crippen MR) is 149 cm³/mol. The Bertz CT molecular complexity index is 956. The Kier molecular flexibility index (Phi) is 8.57. The molecule has 0 spiro atoms. The molecule has 3 N–H and O–H groups in total. The van der Waals surface area contributed by atoms with E-state index in [1.165, 1.54) is 31.3 Å². The highest BCUT2D eigenvalue weighted by atomic mass is 16.3. The molecule has 37 heavy (non-hydrogen) atoms. The summed E-state index contributed by atoms with van der Waals surface area (Å²) in [4.78, 5) is 14.9. The number of aliphatic hydroxyl groups is 3. The SMILES string of the molecule is C=C1/C(=C\C=C2/CCC[C@]3(C)[C@@H]([C@H](C)/C=C/[C@@H](O)C4(C(=O)N(CC)CC)CC4)CC[C@@H]23)C[C@@H](O)C[C@@H]1O. The predicted octanol–water partition coefficient (Wildman–Crippen LogP) is 5.33.